The molecule has 1 aromatic heterocycles. The quantitative estimate of drug-likeness (QED) is 0.530. The molecule has 1 N–H and O–H groups in total. The highest BCUT2D eigenvalue weighted by atomic mass is 32.2. The summed E-state index contributed by atoms with van der Waals surface area (Å²) in [5.41, 5.74) is 3.40. The number of nitrogens with zero attached hydrogens (tertiary/aromatic N) is 3. The third-order valence-electron chi connectivity index (χ3n) is 5.13. The average Bonchev–Trinajstić information content (AvgIpc) is 2.96. The first kappa shape index (κ1) is 25.4. The molecule has 0 radical (unpaired) electrons. The van der Waals surface area contributed by atoms with Gasteiger partial charge in [0, 0.05) is 31.0 Å². The predicted molar refractivity (Wildman–Crippen MR) is 127 cm³/mol. The Morgan fingerprint density at radius 3 is 2.42 bits per heavy atom. The van der Waals surface area contributed by atoms with E-state index < -0.39 is 10.0 Å². The fourth-order valence-corrected chi connectivity index (χ4v) is 5.63. The van der Waals surface area contributed by atoms with E-state index in [1.54, 1.807) is 18.2 Å². The molecule has 0 unspecified atom stereocenters. The zero-order chi connectivity index (χ0) is 23.3. The summed E-state index contributed by atoms with van der Waals surface area (Å²) in [5, 5.41) is 3.70. The van der Waals surface area contributed by atoms with Crippen molar-refractivity contribution in [2.24, 2.45) is 5.92 Å². The molecular formula is C22H34N4O3S2. The third-order valence-corrected chi connectivity index (χ3v) is 8.15. The predicted octanol–water partition coefficient (Wildman–Crippen LogP) is 4.23. The van der Waals surface area contributed by atoms with Gasteiger partial charge in [0.05, 0.1) is 16.3 Å². The van der Waals surface area contributed by atoms with Crippen LogP contribution in [0, 0.1) is 26.7 Å². The Labute approximate surface area is 190 Å². The number of benzene rings is 1. The number of nitrogens with one attached hydrogen (secondary N) is 1. The highest BCUT2D eigenvalue weighted by Crippen LogP contribution is 2.25. The normalized spacial score (nSPS) is 12.0. The van der Waals surface area contributed by atoms with E-state index in [0.717, 1.165) is 28.7 Å². The van der Waals surface area contributed by atoms with E-state index in [0.29, 0.717) is 24.7 Å². The van der Waals surface area contributed by atoms with Gasteiger partial charge in [0.2, 0.25) is 15.9 Å². The van der Waals surface area contributed by atoms with Crippen molar-refractivity contribution < 1.29 is 13.2 Å². The van der Waals surface area contributed by atoms with Gasteiger partial charge in [0.15, 0.2) is 5.16 Å². The molecule has 0 saturated carbocycles. The van der Waals surface area contributed by atoms with Crippen LogP contribution in [0.25, 0.3) is 0 Å². The number of rotatable bonds is 10. The van der Waals surface area contributed by atoms with Gasteiger partial charge in [0.1, 0.15) is 0 Å². The first-order valence-corrected chi connectivity index (χ1v) is 13.0. The zero-order valence-electron chi connectivity index (χ0n) is 19.5. The number of imidazole rings is 1. The molecule has 0 aliphatic rings. The molecule has 1 aromatic carbocycles. The highest BCUT2D eigenvalue weighted by molar-refractivity contribution is 7.99. The first-order valence-electron chi connectivity index (χ1n) is 10.6. The van der Waals surface area contributed by atoms with Crippen LogP contribution in [0.2, 0.25) is 0 Å². The molecule has 1 heterocycles. The summed E-state index contributed by atoms with van der Waals surface area (Å²) in [6, 6.07) is 4.85. The van der Waals surface area contributed by atoms with Crippen molar-refractivity contribution in [1.82, 2.24) is 13.9 Å². The maximum Gasteiger partial charge on any atom is 0.243 e. The summed E-state index contributed by atoms with van der Waals surface area (Å²) in [6.07, 6.45) is 0. The lowest BCUT2D eigenvalue weighted by Gasteiger charge is -2.19. The van der Waals surface area contributed by atoms with Gasteiger partial charge < -0.3 is 9.88 Å². The van der Waals surface area contributed by atoms with Crippen LogP contribution >= 0.6 is 11.8 Å². The lowest BCUT2D eigenvalue weighted by Crippen LogP contribution is -2.30. The third kappa shape index (κ3) is 6.11. The molecule has 0 aliphatic carbocycles. The van der Waals surface area contributed by atoms with Gasteiger partial charge >= 0.3 is 0 Å². The summed E-state index contributed by atoms with van der Waals surface area (Å²) in [4.78, 5) is 17.4. The van der Waals surface area contributed by atoms with E-state index in [2.05, 4.69) is 28.7 Å². The Kier molecular flexibility index (Phi) is 8.73. The maximum atomic E-state index is 12.8. The van der Waals surface area contributed by atoms with Crippen molar-refractivity contribution in [3.8, 4) is 0 Å². The standard InChI is InChI=1S/C22H34N4O3S2/c1-8-25(9-2)31(28,29)19-11-10-16(5)20(12-19)24-21(27)14-30-22-23-17(6)18(7)26(22)13-15(3)4/h10-12,15H,8-9,13-14H2,1-7H3,(H,24,27). The van der Waals surface area contributed by atoms with Gasteiger partial charge in [-0.25, -0.2) is 13.4 Å². The lowest BCUT2D eigenvalue weighted by molar-refractivity contribution is -0.113. The van der Waals surface area contributed by atoms with E-state index in [-0.39, 0.29) is 16.6 Å². The molecule has 1 amide bonds. The fraction of sp³-hybridized carbons (Fsp3) is 0.545. The van der Waals surface area contributed by atoms with Crippen molar-refractivity contribution in [1.29, 1.82) is 0 Å². The van der Waals surface area contributed by atoms with E-state index in [1.807, 2.05) is 34.6 Å². The number of amides is 1. The molecule has 2 rings (SSSR count). The monoisotopic (exact) mass is 466 g/mol. The molecule has 7 nitrogen and oxygen atoms in total. The number of hydrogen-bond acceptors (Lipinski definition) is 5. The molecule has 0 atom stereocenters. The summed E-state index contributed by atoms with van der Waals surface area (Å²) in [5.74, 6) is 0.471. The van der Waals surface area contributed by atoms with Gasteiger partial charge in [-0.15, -0.1) is 0 Å². The number of aryl methyl sites for hydroxylation is 2. The fourth-order valence-electron chi connectivity index (χ4n) is 3.24. The Balaban J connectivity index is 2.16. The topological polar surface area (TPSA) is 84.3 Å². The van der Waals surface area contributed by atoms with Crippen molar-refractivity contribution in [3.63, 3.8) is 0 Å². The number of hydrogen-bond donors (Lipinski definition) is 1. The molecule has 31 heavy (non-hydrogen) atoms. The lowest BCUT2D eigenvalue weighted by atomic mass is 10.2. The number of sulfonamides is 1. The summed E-state index contributed by atoms with van der Waals surface area (Å²) in [7, 11) is -3.59. The van der Waals surface area contributed by atoms with Crippen LogP contribution in [-0.2, 0) is 21.4 Å². The summed E-state index contributed by atoms with van der Waals surface area (Å²) < 4.78 is 29.2. The van der Waals surface area contributed by atoms with Crippen LogP contribution in [-0.4, -0.2) is 47.0 Å². The molecule has 0 saturated heterocycles. The smallest absolute Gasteiger partial charge is 0.243 e. The van der Waals surface area contributed by atoms with E-state index in [9.17, 15) is 13.2 Å². The second-order valence-electron chi connectivity index (χ2n) is 7.97. The minimum Gasteiger partial charge on any atom is -0.325 e. The van der Waals surface area contributed by atoms with E-state index in [4.69, 9.17) is 0 Å². The average molecular weight is 467 g/mol. The van der Waals surface area contributed by atoms with Crippen LogP contribution in [0.5, 0.6) is 0 Å². The van der Waals surface area contributed by atoms with E-state index in [1.165, 1.54) is 16.1 Å². The van der Waals surface area contributed by atoms with Gasteiger partial charge in [0.25, 0.3) is 0 Å². The Bertz CT molecular complexity index is 1030. The van der Waals surface area contributed by atoms with Crippen LogP contribution in [0.3, 0.4) is 0 Å². The number of carbonyl (C=O) groups excluding carboxylic acids is 1. The summed E-state index contributed by atoms with van der Waals surface area (Å²) >= 11 is 1.39. The number of carbonyl (C=O) groups is 1. The molecule has 172 valence electrons. The van der Waals surface area contributed by atoms with Crippen molar-refractivity contribution in [3.05, 3.63) is 35.2 Å². The van der Waals surface area contributed by atoms with Gasteiger partial charge in [-0.05, 0) is 44.4 Å². The minimum absolute atomic E-state index is 0.184. The SMILES string of the molecule is CCN(CC)S(=O)(=O)c1ccc(C)c(NC(=O)CSc2nc(C)c(C)n2CC(C)C)c1. The highest BCUT2D eigenvalue weighted by Gasteiger charge is 2.22. The summed E-state index contributed by atoms with van der Waals surface area (Å²) in [6.45, 7) is 15.4. The molecule has 0 bridgehead atoms. The molecule has 9 heteroatoms. The van der Waals surface area contributed by atoms with Gasteiger partial charge in [-0.3, -0.25) is 4.79 Å². The van der Waals surface area contributed by atoms with Crippen LogP contribution in [0.1, 0.15) is 44.6 Å². The Morgan fingerprint density at radius 1 is 1.19 bits per heavy atom. The second-order valence-corrected chi connectivity index (χ2v) is 10.9. The first-order chi connectivity index (χ1) is 14.5. The van der Waals surface area contributed by atoms with Crippen molar-refractivity contribution in [2.75, 3.05) is 24.2 Å². The number of aromatic nitrogens is 2. The zero-order valence-corrected chi connectivity index (χ0v) is 21.2. The van der Waals surface area contributed by atoms with Crippen LogP contribution in [0.15, 0.2) is 28.3 Å². The van der Waals surface area contributed by atoms with Gasteiger partial charge in [-0.2, -0.15) is 4.31 Å². The van der Waals surface area contributed by atoms with E-state index >= 15 is 0 Å². The van der Waals surface area contributed by atoms with Crippen LogP contribution < -0.4 is 5.32 Å². The minimum atomic E-state index is -3.59. The van der Waals surface area contributed by atoms with Crippen LogP contribution in [0.4, 0.5) is 5.69 Å². The Morgan fingerprint density at radius 2 is 1.84 bits per heavy atom. The molecule has 0 fully saturated rings. The number of anilines is 1. The van der Waals surface area contributed by atoms with Crippen molar-refractivity contribution in [2.45, 2.75) is 65.1 Å². The second kappa shape index (κ2) is 10.7. The number of thioether (sulfide) groups is 1. The molecule has 0 aliphatic heterocycles. The maximum absolute atomic E-state index is 12.8. The largest absolute Gasteiger partial charge is 0.325 e. The Hall–Kier alpha value is -1.84. The molecule has 2 aromatic rings. The van der Waals surface area contributed by atoms with Crippen molar-refractivity contribution >= 4 is 33.4 Å². The molecular weight excluding hydrogens is 432 g/mol. The van der Waals surface area contributed by atoms with Gasteiger partial charge in [-0.1, -0.05) is 45.5 Å². The molecule has 0 spiro atoms.